The number of hydrogen-bond donors (Lipinski definition) is 1. The molecule has 0 saturated heterocycles. The Morgan fingerprint density at radius 2 is 1.91 bits per heavy atom. The summed E-state index contributed by atoms with van der Waals surface area (Å²) in [5.74, 6) is 0.381. The molecule has 0 heterocycles. The van der Waals surface area contributed by atoms with Crippen LogP contribution in [0.1, 0.15) is 0 Å². The second-order valence-electron chi connectivity index (χ2n) is 1.73. The highest BCUT2D eigenvalue weighted by molar-refractivity contribution is 6.18. The van der Waals surface area contributed by atoms with Crippen LogP contribution >= 0.6 is 11.6 Å². The molecule has 0 spiro atoms. The molecule has 0 amide bonds. The number of rotatable bonds is 5. The zero-order chi connectivity index (χ0) is 8.74. The molecule has 68 valence electrons. The molecule has 0 rings (SSSR count). The summed E-state index contributed by atoms with van der Waals surface area (Å²) in [6.07, 6.45) is -4.53. The Kier molecular flexibility index (Phi) is 5.62. The Balaban J connectivity index is 3.02. The molecule has 0 radical (unpaired) electrons. The van der Waals surface area contributed by atoms with E-state index in [1.54, 1.807) is 0 Å². The van der Waals surface area contributed by atoms with E-state index in [0.717, 1.165) is 0 Å². The average Bonchev–Trinajstić information content (AvgIpc) is 1.85. The Bertz CT molecular complexity index is 98.2. The first-order valence-corrected chi connectivity index (χ1v) is 3.57. The average molecular weight is 192 g/mol. The smallest absolute Gasteiger partial charge is 0.313 e. The van der Waals surface area contributed by atoms with Gasteiger partial charge in [0.15, 0.2) is 0 Å². The lowest BCUT2D eigenvalue weighted by Crippen LogP contribution is -2.25. The van der Waals surface area contributed by atoms with E-state index in [2.05, 4.69) is 10.1 Å². The molecule has 0 aliphatic rings. The van der Waals surface area contributed by atoms with Crippen molar-refractivity contribution in [1.82, 2.24) is 5.32 Å². The molecule has 0 saturated carbocycles. The van der Waals surface area contributed by atoms with E-state index in [0.29, 0.717) is 12.4 Å². The van der Waals surface area contributed by atoms with Gasteiger partial charge in [-0.2, -0.15) is 0 Å². The van der Waals surface area contributed by atoms with Crippen LogP contribution in [-0.2, 0) is 4.74 Å². The maximum absolute atomic E-state index is 11.3. The van der Waals surface area contributed by atoms with Crippen molar-refractivity contribution in [2.24, 2.45) is 0 Å². The molecule has 1 N–H and O–H groups in total. The number of ether oxygens (including phenoxy) is 1. The van der Waals surface area contributed by atoms with E-state index < -0.39 is 6.36 Å². The summed E-state index contributed by atoms with van der Waals surface area (Å²) in [6.45, 7) is 0.273. The molecule has 0 aliphatic carbocycles. The van der Waals surface area contributed by atoms with Gasteiger partial charge in [0.05, 0.1) is 6.61 Å². The van der Waals surface area contributed by atoms with Crippen LogP contribution in [0.2, 0.25) is 0 Å². The van der Waals surface area contributed by atoms with Crippen molar-refractivity contribution in [3.05, 3.63) is 0 Å². The van der Waals surface area contributed by atoms with Crippen LogP contribution in [0.5, 0.6) is 0 Å². The van der Waals surface area contributed by atoms with Crippen molar-refractivity contribution >= 4 is 11.6 Å². The van der Waals surface area contributed by atoms with Crippen LogP contribution in [0.4, 0.5) is 13.2 Å². The highest BCUT2D eigenvalue weighted by atomic mass is 35.5. The van der Waals surface area contributed by atoms with E-state index in [1.807, 2.05) is 0 Å². The first-order chi connectivity index (χ1) is 5.06. The summed E-state index contributed by atoms with van der Waals surface area (Å²) in [6, 6.07) is 0. The molecule has 0 bridgehead atoms. The lowest BCUT2D eigenvalue weighted by Gasteiger charge is -2.06. The van der Waals surface area contributed by atoms with E-state index >= 15 is 0 Å². The molecular formula is C5H9ClF3NO. The normalized spacial score (nSPS) is 12.0. The van der Waals surface area contributed by atoms with Crippen molar-refractivity contribution < 1.29 is 17.9 Å². The van der Waals surface area contributed by atoms with Crippen molar-refractivity contribution in [2.45, 2.75) is 6.36 Å². The second-order valence-corrected chi connectivity index (χ2v) is 2.11. The molecule has 6 heteroatoms. The summed E-state index contributed by atoms with van der Waals surface area (Å²) in [4.78, 5) is 0. The fourth-order valence-corrected chi connectivity index (χ4v) is 0.564. The van der Waals surface area contributed by atoms with Crippen LogP contribution in [0.3, 0.4) is 0 Å². The van der Waals surface area contributed by atoms with Crippen molar-refractivity contribution in [3.8, 4) is 0 Å². The summed E-state index contributed by atoms with van der Waals surface area (Å²) in [7, 11) is 0. The minimum absolute atomic E-state index is 0.159. The zero-order valence-electron chi connectivity index (χ0n) is 5.75. The lowest BCUT2D eigenvalue weighted by atomic mass is 10.6. The van der Waals surface area contributed by atoms with E-state index in [9.17, 15) is 13.2 Å². The minimum atomic E-state index is -4.53. The SMILES string of the molecule is FC(F)(F)OCCNCCCl. The predicted molar refractivity (Wildman–Crippen MR) is 35.6 cm³/mol. The fourth-order valence-electron chi connectivity index (χ4n) is 0.431. The van der Waals surface area contributed by atoms with Crippen LogP contribution in [0.15, 0.2) is 0 Å². The van der Waals surface area contributed by atoms with Gasteiger partial charge in [-0.3, -0.25) is 4.74 Å². The number of nitrogens with one attached hydrogen (secondary N) is 1. The van der Waals surface area contributed by atoms with Gasteiger partial charge in [0, 0.05) is 19.0 Å². The predicted octanol–water partition coefficient (Wildman–Crippen LogP) is 1.35. The van der Waals surface area contributed by atoms with Gasteiger partial charge in [-0.15, -0.1) is 24.8 Å². The van der Waals surface area contributed by atoms with Gasteiger partial charge in [0.1, 0.15) is 0 Å². The van der Waals surface area contributed by atoms with E-state index in [4.69, 9.17) is 11.6 Å². The Morgan fingerprint density at radius 1 is 1.27 bits per heavy atom. The third-order valence-corrected chi connectivity index (χ3v) is 1.00. The maximum atomic E-state index is 11.3. The third kappa shape index (κ3) is 10.0. The largest absolute Gasteiger partial charge is 0.522 e. The van der Waals surface area contributed by atoms with Crippen LogP contribution < -0.4 is 5.32 Å². The molecule has 0 aliphatic heterocycles. The quantitative estimate of drug-likeness (QED) is 0.523. The molecule has 0 aromatic carbocycles. The van der Waals surface area contributed by atoms with Gasteiger partial charge in [-0.25, -0.2) is 0 Å². The number of alkyl halides is 4. The molecule has 0 aromatic rings. The zero-order valence-corrected chi connectivity index (χ0v) is 6.50. The Labute approximate surface area is 67.7 Å². The summed E-state index contributed by atoms with van der Waals surface area (Å²) < 4.78 is 37.3. The minimum Gasteiger partial charge on any atom is -0.313 e. The van der Waals surface area contributed by atoms with Crippen molar-refractivity contribution in [2.75, 3.05) is 25.6 Å². The highest BCUT2D eigenvalue weighted by Crippen LogP contribution is 2.14. The topological polar surface area (TPSA) is 21.3 Å². The molecular weight excluding hydrogens is 183 g/mol. The fraction of sp³-hybridized carbons (Fsp3) is 1.00. The molecule has 0 unspecified atom stereocenters. The van der Waals surface area contributed by atoms with Gasteiger partial charge in [-0.05, 0) is 0 Å². The van der Waals surface area contributed by atoms with E-state index in [-0.39, 0.29) is 13.2 Å². The summed E-state index contributed by atoms with van der Waals surface area (Å²) >= 11 is 5.24. The molecule has 11 heavy (non-hydrogen) atoms. The molecule has 0 aromatic heterocycles. The lowest BCUT2D eigenvalue weighted by molar-refractivity contribution is -0.323. The van der Waals surface area contributed by atoms with Crippen molar-refractivity contribution in [3.63, 3.8) is 0 Å². The monoisotopic (exact) mass is 191 g/mol. The first-order valence-electron chi connectivity index (χ1n) is 3.03. The number of hydrogen-bond acceptors (Lipinski definition) is 2. The van der Waals surface area contributed by atoms with Crippen LogP contribution in [0.25, 0.3) is 0 Å². The summed E-state index contributed by atoms with van der Waals surface area (Å²) in [5.41, 5.74) is 0. The molecule has 0 atom stereocenters. The van der Waals surface area contributed by atoms with Crippen molar-refractivity contribution in [1.29, 1.82) is 0 Å². The Morgan fingerprint density at radius 3 is 2.36 bits per heavy atom. The van der Waals surface area contributed by atoms with Crippen LogP contribution in [0, 0.1) is 0 Å². The van der Waals surface area contributed by atoms with Gasteiger partial charge in [0.25, 0.3) is 0 Å². The highest BCUT2D eigenvalue weighted by Gasteiger charge is 2.28. The third-order valence-electron chi connectivity index (χ3n) is 0.816. The van der Waals surface area contributed by atoms with Gasteiger partial charge >= 0.3 is 6.36 Å². The molecule has 0 fully saturated rings. The maximum Gasteiger partial charge on any atom is 0.522 e. The molecule has 2 nitrogen and oxygen atoms in total. The standard InChI is InChI=1S/C5H9ClF3NO/c6-1-2-10-3-4-11-5(7,8)9/h10H,1-4H2. The van der Waals surface area contributed by atoms with Gasteiger partial charge < -0.3 is 5.32 Å². The summed E-state index contributed by atoms with van der Waals surface area (Å²) in [5, 5.41) is 2.65. The van der Waals surface area contributed by atoms with Gasteiger partial charge in [0.2, 0.25) is 0 Å². The van der Waals surface area contributed by atoms with Crippen LogP contribution in [-0.4, -0.2) is 31.9 Å². The second kappa shape index (κ2) is 5.62. The number of halogens is 4. The van der Waals surface area contributed by atoms with Gasteiger partial charge in [-0.1, -0.05) is 0 Å². The van der Waals surface area contributed by atoms with E-state index in [1.165, 1.54) is 0 Å². The Hall–Kier alpha value is 0. The first kappa shape index (κ1) is 11.0.